The second-order valence-electron chi connectivity index (χ2n) is 5.85. The molecule has 4 rings (SSSR count). The average Bonchev–Trinajstić information content (AvgIpc) is 2.67. The third-order valence-electron chi connectivity index (χ3n) is 4.43. The zero-order valence-electron chi connectivity index (χ0n) is 14.4. The van der Waals surface area contributed by atoms with E-state index in [1.54, 1.807) is 26.0 Å². The van der Waals surface area contributed by atoms with Gasteiger partial charge < -0.3 is 14.4 Å². The highest BCUT2D eigenvalue weighted by molar-refractivity contribution is 7.99. The Morgan fingerprint density at radius 3 is 2.36 bits per heavy atom. The SMILES string of the molecule is COc1ccc2c(c1)Sc1ccc(OC)c(C)c1N2c1ccccc1. The Hall–Kier alpha value is -2.59. The smallest absolute Gasteiger partial charge is 0.123 e. The highest BCUT2D eigenvalue weighted by Gasteiger charge is 2.28. The quantitative estimate of drug-likeness (QED) is 0.456. The first-order chi connectivity index (χ1) is 12.2. The van der Waals surface area contributed by atoms with E-state index in [1.165, 1.54) is 15.5 Å². The van der Waals surface area contributed by atoms with Gasteiger partial charge in [-0.2, -0.15) is 0 Å². The minimum absolute atomic E-state index is 0.868. The molecule has 0 bridgehead atoms. The van der Waals surface area contributed by atoms with Gasteiger partial charge in [0, 0.05) is 21.0 Å². The van der Waals surface area contributed by atoms with Crippen molar-refractivity contribution >= 4 is 28.8 Å². The number of anilines is 3. The molecule has 0 aliphatic carbocycles. The summed E-state index contributed by atoms with van der Waals surface area (Å²) < 4.78 is 11.0. The number of hydrogen-bond acceptors (Lipinski definition) is 4. The Bertz CT molecular complexity index is 925. The number of rotatable bonds is 3. The van der Waals surface area contributed by atoms with Gasteiger partial charge in [-0.3, -0.25) is 0 Å². The molecule has 0 saturated carbocycles. The van der Waals surface area contributed by atoms with Crippen LogP contribution in [0.3, 0.4) is 0 Å². The van der Waals surface area contributed by atoms with Gasteiger partial charge in [-0.05, 0) is 49.4 Å². The molecular formula is C21H19NO2S. The van der Waals surface area contributed by atoms with Crippen molar-refractivity contribution in [3.8, 4) is 11.5 Å². The van der Waals surface area contributed by atoms with Crippen molar-refractivity contribution in [3.05, 3.63) is 66.2 Å². The van der Waals surface area contributed by atoms with Crippen LogP contribution in [0.2, 0.25) is 0 Å². The summed E-state index contributed by atoms with van der Waals surface area (Å²) in [5.41, 5.74) is 4.60. The summed E-state index contributed by atoms with van der Waals surface area (Å²) in [6.07, 6.45) is 0. The number of benzene rings is 3. The van der Waals surface area contributed by atoms with Gasteiger partial charge in [0.1, 0.15) is 11.5 Å². The van der Waals surface area contributed by atoms with Crippen molar-refractivity contribution in [2.75, 3.05) is 19.1 Å². The van der Waals surface area contributed by atoms with E-state index < -0.39 is 0 Å². The molecule has 3 aromatic carbocycles. The molecule has 0 N–H and O–H groups in total. The fourth-order valence-corrected chi connectivity index (χ4v) is 4.36. The Balaban J connectivity index is 1.98. The molecule has 4 heteroatoms. The maximum Gasteiger partial charge on any atom is 0.123 e. The van der Waals surface area contributed by atoms with E-state index in [4.69, 9.17) is 9.47 Å². The van der Waals surface area contributed by atoms with E-state index in [9.17, 15) is 0 Å². The lowest BCUT2D eigenvalue weighted by Gasteiger charge is -2.34. The fourth-order valence-electron chi connectivity index (χ4n) is 3.21. The first-order valence-electron chi connectivity index (χ1n) is 8.11. The van der Waals surface area contributed by atoms with Crippen molar-refractivity contribution in [3.63, 3.8) is 0 Å². The molecule has 0 fully saturated rings. The lowest BCUT2D eigenvalue weighted by molar-refractivity contribution is 0.411. The van der Waals surface area contributed by atoms with Crippen LogP contribution in [-0.4, -0.2) is 14.2 Å². The van der Waals surface area contributed by atoms with E-state index in [1.807, 2.05) is 18.2 Å². The van der Waals surface area contributed by atoms with Crippen molar-refractivity contribution < 1.29 is 9.47 Å². The molecule has 1 aliphatic heterocycles. The van der Waals surface area contributed by atoms with E-state index in [-0.39, 0.29) is 0 Å². The Morgan fingerprint density at radius 2 is 1.64 bits per heavy atom. The molecule has 0 spiro atoms. The lowest BCUT2D eigenvalue weighted by Crippen LogP contribution is -2.16. The number of ether oxygens (including phenoxy) is 2. The summed E-state index contributed by atoms with van der Waals surface area (Å²) in [6.45, 7) is 2.11. The van der Waals surface area contributed by atoms with Crippen LogP contribution in [0.5, 0.6) is 11.5 Å². The largest absolute Gasteiger partial charge is 0.497 e. The highest BCUT2D eigenvalue weighted by atomic mass is 32.2. The van der Waals surface area contributed by atoms with Gasteiger partial charge >= 0.3 is 0 Å². The lowest BCUT2D eigenvalue weighted by atomic mass is 10.1. The van der Waals surface area contributed by atoms with Gasteiger partial charge in [-0.25, -0.2) is 0 Å². The topological polar surface area (TPSA) is 21.7 Å². The van der Waals surface area contributed by atoms with Crippen LogP contribution in [0, 0.1) is 6.92 Å². The monoisotopic (exact) mass is 349 g/mol. The maximum absolute atomic E-state index is 5.56. The number of hydrogen-bond donors (Lipinski definition) is 0. The van der Waals surface area contributed by atoms with Crippen LogP contribution in [0.1, 0.15) is 5.56 Å². The van der Waals surface area contributed by atoms with Crippen molar-refractivity contribution in [1.82, 2.24) is 0 Å². The average molecular weight is 349 g/mol. The van der Waals surface area contributed by atoms with Crippen LogP contribution in [0.25, 0.3) is 0 Å². The van der Waals surface area contributed by atoms with Crippen molar-refractivity contribution in [2.45, 2.75) is 16.7 Å². The maximum atomic E-state index is 5.56. The molecule has 25 heavy (non-hydrogen) atoms. The summed E-state index contributed by atoms with van der Waals surface area (Å²) in [5, 5.41) is 0. The zero-order chi connectivity index (χ0) is 17.4. The summed E-state index contributed by atoms with van der Waals surface area (Å²) in [5.74, 6) is 1.77. The molecule has 0 unspecified atom stereocenters. The van der Waals surface area contributed by atoms with Gasteiger partial charge in [-0.1, -0.05) is 30.0 Å². The summed E-state index contributed by atoms with van der Waals surface area (Å²) in [4.78, 5) is 4.70. The Labute approximate surface area is 152 Å². The summed E-state index contributed by atoms with van der Waals surface area (Å²) in [7, 11) is 3.42. The molecule has 1 aliphatic rings. The zero-order valence-corrected chi connectivity index (χ0v) is 15.3. The van der Waals surface area contributed by atoms with Gasteiger partial charge in [0.2, 0.25) is 0 Å². The van der Waals surface area contributed by atoms with Crippen LogP contribution < -0.4 is 14.4 Å². The minimum Gasteiger partial charge on any atom is -0.497 e. The molecule has 0 aromatic heterocycles. The molecule has 0 radical (unpaired) electrons. The molecule has 0 atom stereocenters. The number of nitrogens with zero attached hydrogens (tertiary/aromatic N) is 1. The van der Waals surface area contributed by atoms with E-state index in [0.717, 1.165) is 28.4 Å². The van der Waals surface area contributed by atoms with Gasteiger partial charge in [0.05, 0.1) is 25.6 Å². The summed E-state index contributed by atoms with van der Waals surface area (Å²) in [6, 6.07) is 20.8. The molecule has 3 aromatic rings. The van der Waals surface area contributed by atoms with Crippen LogP contribution in [0.4, 0.5) is 17.1 Å². The predicted octanol–water partition coefficient (Wildman–Crippen LogP) is 5.95. The number of methoxy groups -OCH3 is 2. The van der Waals surface area contributed by atoms with Crippen LogP contribution in [-0.2, 0) is 0 Å². The first kappa shape index (κ1) is 15.9. The van der Waals surface area contributed by atoms with Crippen molar-refractivity contribution in [1.29, 1.82) is 0 Å². The van der Waals surface area contributed by atoms with Gasteiger partial charge in [-0.15, -0.1) is 0 Å². The molecule has 3 nitrogen and oxygen atoms in total. The fraction of sp³-hybridized carbons (Fsp3) is 0.143. The normalized spacial score (nSPS) is 12.4. The molecule has 1 heterocycles. The first-order valence-corrected chi connectivity index (χ1v) is 8.93. The number of fused-ring (bicyclic) bond motifs is 2. The molecule has 0 amide bonds. The number of para-hydroxylation sites is 1. The highest BCUT2D eigenvalue weighted by Crippen LogP contribution is 2.54. The molecule has 0 saturated heterocycles. The van der Waals surface area contributed by atoms with Gasteiger partial charge in [0.15, 0.2) is 0 Å². The second kappa shape index (κ2) is 6.37. The molecular weight excluding hydrogens is 330 g/mol. The molecule has 126 valence electrons. The summed E-state index contributed by atoms with van der Waals surface area (Å²) >= 11 is 1.77. The van der Waals surface area contributed by atoms with Crippen LogP contribution >= 0.6 is 11.8 Å². The van der Waals surface area contributed by atoms with Crippen LogP contribution in [0.15, 0.2) is 70.5 Å². The van der Waals surface area contributed by atoms with E-state index in [0.29, 0.717) is 0 Å². The van der Waals surface area contributed by atoms with E-state index >= 15 is 0 Å². The van der Waals surface area contributed by atoms with E-state index in [2.05, 4.69) is 54.3 Å². The standard InChI is InChI=1S/C21H19NO2S/c1-14-18(24-3)11-12-19-21(14)22(15-7-5-4-6-8-15)17-10-9-16(23-2)13-20(17)25-19/h4-13H,1-3H3. The third kappa shape index (κ3) is 2.63. The Morgan fingerprint density at radius 1 is 0.840 bits per heavy atom. The van der Waals surface area contributed by atoms with Crippen molar-refractivity contribution in [2.24, 2.45) is 0 Å². The Kier molecular flexibility index (Phi) is 4.06. The third-order valence-corrected chi connectivity index (χ3v) is 5.53. The second-order valence-corrected chi connectivity index (χ2v) is 6.93. The minimum atomic E-state index is 0.868. The predicted molar refractivity (Wildman–Crippen MR) is 103 cm³/mol. The van der Waals surface area contributed by atoms with Gasteiger partial charge in [0.25, 0.3) is 0 Å².